The summed E-state index contributed by atoms with van der Waals surface area (Å²) in [5.41, 5.74) is 3.45. The molecule has 174 valence electrons. The Morgan fingerprint density at radius 1 is 1.12 bits per heavy atom. The molecule has 1 aliphatic rings. The molecule has 1 heterocycles. The van der Waals surface area contributed by atoms with E-state index in [9.17, 15) is 14.4 Å². The third-order valence-corrected chi connectivity index (χ3v) is 4.70. The molecule has 3 rings (SSSR count). The second-order valence-electron chi connectivity index (χ2n) is 7.18. The molecule has 10 heteroatoms. The van der Waals surface area contributed by atoms with Gasteiger partial charge in [-0.1, -0.05) is 6.07 Å². The summed E-state index contributed by atoms with van der Waals surface area (Å²) in [5, 5.41) is 9.02. The largest absolute Gasteiger partial charge is 0.497 e. The molecule has 2 aromatic carbocycles. The molecule has 3 amide bonds. The van der Waals surface area contributed by atoms with Gasteiger partial charge in [0.2, 0.25) is 0 Å². The maximum Gasteiger partial charge on any atom is 0.329 e. The van der Waals surface area contributed by atoms with Crippen molar-refractivity contribution in [2.75, 3.05) is 32.2 Å². The number of ether oxygens (including phenoxy) is 3. The van der Waals surface area contributed by atoms with Gasteiger partial charge in [0.05, 0.1) is 19.4 Å². The lowest BCUT2D eigenvalue weighted by atomic mass is 10.2. The highest BCUT2D eigenvalue weighted by atomic mass is 16.5. The Labute approximate surface area is 191 Å². The molecular formula is C23H26N4O6. The molecule has 0 unspecified atom stereocenters. The van der Waals surface area contributed by atoms with Gasteiger partial charge in [0, 0.05) is 24.9 Å². The van der Waals surface area contributed by atoms with Crippen LogP contribution < -0.4 is 25.5 Å². The summed E-state index contributed by atoms with van der Waals surface area (Å²) in [5.74, 6) is -0.800. The number of hydrogen-bond acceptors (Lipinski definition) is 7. The zero-order valence-electron chi connectivity index (χ0n) is 18.2. The number of carbonyl (C=O) groups is 3. The van der Waals surface area contributed by atoms with Crippen LogP contribution in [0.25, 0.3) is 0 Å². The molecule has 33 heavy (non-hydrogen) atoms. The summed E-state index contributed by atoms with van der Waals surface area (Å²) in [6, 6.07) is 13.7. The van der Waals surface area contributed by atoms with E-state index in [1.165, 1.54) is 6.21 Å². The van der Waals surface area contributed by atoms with Gasteiger partial charge >= 0.3 is 11.8 Å². The molecule has 0 aromatic heterocycles. The molecule has 0 radical (unpaired) electrons. The maximum absolute atomic E-state index is 12.1. The van der Waals surface area contributed by atoms with E-state index in [0.717, 1.165) is 12.8 Å². The van der Waals surface area contributed by atoms with E-state index < -0.39 is 11.8 Å². The van der Waals surface area contributed by atoms with Crippen LogP contribution in [0.4, 0.5) is 5.69 Å². The second kappa shape index (κ2) is 12.2. The molecule has 0 spiro atoms. The standard InChI is InChI=1S/C23H26N4O6/c1-31-19-5-2-4-17(12-19)26-21(28)15-33-18-9-7-16(8-10-18)13-25-27-23(30)22(29)24-14-20-6-3-11-32-20/h2,4-5,7-10,12-13,20H,3,6,11,14-15H2,1H3,(H,24,29)(H,26,28)(H,27,30)/b25-13-/t20-/m0/s1. The monoisotopic (exact) mass is 454 g/mol. The van der Waals surface area contributed by atoms with Gasteiger partial charge < -0.3 is 24.8 Å². The molecule has 0 saturated carbocycles. The topological polar surface area (TPSA) is 127 Å². The summed E-state index contributed by atoms with van der Waals surface area (Å²) in [6.45, 7) is 0.814. The first-order chi connectivity index (χ1) is 16.0. The first-order valence-corrected chi connectivity index (χ1v) is 10.4. The number of rotatable bonds is 9. The lowest BCUT2D eigenvalue weighted by Crippen LogP contribution is -2.41. The number of nitrogens with zero attached hydrogens (tertiary/aromatic N) is 1. The Morgan fingerprint density at radius 3 is 2.67 bits per heavy atom. The quantitative estimate of drug-likeness (QED) is 0.299. The minimum atomic E-state index is -0.855. The van der Waals surface area contributed by atoms with Gasteiger partial charge in [0.15, 0.2) is 6.61 Å². The van der Waals surface area contributed by atoms with Gasteiger partial charge in [-0.3, -0.25) is 14.4 Å². The highest BCUT2D eigenvalue weighted by Gasteiger charge is 2.18. The molecular weight excluding hydrogens is 428 g/mol. The molecule has 0 aliphatic carbocycles. The minimum absolute atomic E-state index is 0.0427. The highest BCUT2D eigenvalue weighted by Crippen LogP contribution is 2.17. The van der Waals surface area contributed by atoms with E-state index >= 15 is 0 Å². The number of amides is 3. The average Bonchev–Trinajstić information content (AvgIpc) is 3.36. The Kier molecular flexibility index (Phi) is 8.78. The van der Waals surface area contributed by atoms with E-state index in [4.69, 9.17) is 14.2 Å². The normalized spacial score (nSPS) is 15.1. The summed E-state index contributed by atoms with van der Waals surface area (Å²) >= 11 is 0. The summed E-state index contributed by atoms with van der Waals surface area (Å²) in [6.07, 6.45) is 3.17. The zero-order valence-corrected chi connectivity index (χ0v) is 18.2. The number of nitrogens with one attached hydrogen (secondary N) is 3. The van der Waals surface area contributed by atoms with Crippen molar-refractivity contribution in [1.29, 1.82) is 0 Å². The van der Waals surface area contributed by atoms with Crippen LogP contribution in [0.5, 0.6) is 11.5 Å². The predicted molar refractivity (Wildman–Crippen MR) is 121 cm³/mol. The first-order valence-electron chi connectivity index (χ1n) is 10.4. The van der Waals surface area contributed by atoms with Crippen LogP contribution in [0.15, 0.2) is 53.6 Å². The molecule has 1 saturated heterocycles. The van der Waals surface area contributed by atoms with Crippen LogP contribution in [-0.4, -0.2) is 56.9 Å². The Morgan fingerprint density at radius 2 is 1.94 bits per heavy atom. The van der Waals surface area contributed by atoms with E-state index in [2.05, 4.69) is 21.2 Å². The smallest absolute Gasteiger partial charge is 0.329 e. The van der Waals surface area contributed by atoms with Crippen LogP contribution in [0.1, 0.15) is 18.4 Å². The van der Waals surface area contributed by atoms with Crippen LogP contribution in [0.2, 0.25) is 0 Å². The van der Waals surface area contributed by atoms with E-state index in [-0.39, 0.29) is 18.6 Å². The fourth-order valence-corrected chi connectivity index (χ4v) is 3.01. The van der Waals surface area contributed by atoms with Gasteiger partial charge in [-0.25, -0.2) is 5.43 Å². The number of hydrazone groups is 1. The van der Waals surface area contributed by atoms with Crippen molar-refractivity contribution >= 4 is 29.6 Å². The van der Waals surface area contributed by atoms with Gasteiger partial charge in [0.1, 0.15) is 11.5 Å². The molecule has 10 nitrogen and oxygen atoms in total. The van der Waals surface area contributed by atoms with Crippen molar-refractivity contribution in [2.45, 2.75) is 18.9 Å². The summed E-state index contributed by atoms with van der Waals surface area (Å²) in [7, 11) is 1.55. The van der Waals surface area contributed by atoms with Crippen molar-refractivity contribution in [3.8, 4) is 11.5 Å². The van der Waals surface area contributed by atoms with Crippen LogP contribution in [0, 0.1) is 0 Å². The predicted octanol–water partition coefficient (Wildman–Crippen LogP) is 1.46. The maximum atomic E-state index is 12.1. The van der Waals surface area contributed by atoms with Crippen LogP contribution >= 0.6 is 0 Å². The molecule has 3 N–H and O–H groups in total. The number of hydrogen-bond donors (Lipinski definition) is 3. The van der Waals surface area contributed by atoms with Crippen LogP contribution in [-0.2, 0) is 19.1 Å². The SMILES string of the molecule is COc1cccc(NC(=O)COc2ccc(/C=N\NC(=O)C(=O)NC[C@@H]3CCCO3)cc2)c1. The third-order valence-electron chi connectivity index (χ3n) is 4.70. The van der Waals surface area contributed by atoms with Crippen molar-refractivity contribution in [1.82, 2.24) is 10.7 Å². The highest BCUT2D eigenvalue weighted by molar-refractivity contribution is 6.35. The van der Waals surface area contributed by atoms with Gasteiger partial charge in [-0.05, 0) is 54.8 Å². The lowest BCUT2D eigenvalue weighted by molar-refractivity contribution is -0.139. The fraction of sp³-hybridized carbons (Fsp3) is 0.304. The number of methoxy groups -OCH3 is 1. The number of anilines is 1. The molecule has 2 aromatic rings. The van der Waals surface area contributed by atoms with Crippen molar-refractivity contribution in [2.24, 2.45) is 5.10 Å². The molecule has 1 aliphatic heterocycles. The number of carbonyl (C=O) groups excluding carboxylic acids is 3. The van der Waals surface area contributed by atoms with Crippen molar-refractivity contribution in [3.05, 3.63) is 54.1 Å². The lowest BCUT2D eigenvalue weighted by Gasteiger charge is -2.09. The van der Waals surface area contributed by atoms with Crippen molar-refractivity contribution in [3.63, 3.8) is 0 Å². The van der Waals surface area contributed by atoms with Gasteiger partial charge in [-0.2, -0.15) is 5.10 Å². The Balaban J connectivity index is 1.38. The van der Waals surface area contributed by atoms with E-state index in [1.807, 2.05) is 0 Å². The first kappa shape index (κ1) is 23.7. The fourth-order valence-electron chi connectivity index (χ4n) is 3.01. The second-order valence-corrected chi connectivity index (χ2v) is 7.18. The third kappa shape index (κ3) is 7.93. The number of benzene rings is 2. The molecule has 1 fully saturated rings. The summed E-state index contributed by atoms with van der Waals surface area (Å²) in [4.78, 5) is 35.6. The average molecular weight is 454 g/mol. The van der Waals surface area contributed by atoms with Gasteiger partial charge in [0.25, 0.3) is 5.91 Å². The molecule has 1 atom stereocenters. The van der Waals surface area contributed by atoms with Crippen LogP contribution in [0.3, 0.4) is 0 Å². The summed E-state index contributed by atoms with van der Waals surface area (Å²) < 4.78 is 16.0. The Bertz CT molecular complexity index is 987. The Hall–Kier alpha value is -3.92. The van der Waals surface area contributed by atoms with Crippen molar-refractivity contribution < 1.29 is 28.6 Å². The minimum Gasteiger partial charge on any atom is -0.497 e. The molecule has 0 bridgehead atoms. The van der Waals surface area contributed by atoms with E-state index in [1.54, 1.807) is 55.6 Å². The van der Waals surface area contributed by atoms with Gasteiger partial charge in [-0.15, -0.1) is 0 Å². The zero-order chi connectivity index (χ0) is 23.5. The van der Waals surface area contributed by atoms with E-state index in [0.29, 0.717) is 35.9 Å².